The number of hydrogen-bond acceptors (Lipinski definition) is 5. The Morgan fingerprint density at radius 2 is 1.92 bits per heavy atom. The largest absolute Gasteiger partial charge is 0.485 e. The number of benzene rings is 1. The molecule has 0 aliphatic carbocycles. The highest BCUT2D eigenvalue weighted by Gasteiger charge is 2.24. The van der Waals surface area contributed by atoms with E-state index in [4.69, 9.17) is 14.2 Å². The molecule has 1 heterocycles. The number of piperidine rings is 1. The second kappa shape index (κ2) is 9.75. The third-order valence-corrected chi connectivity index (χ3v) is 3.79. The van der Waals surface area contributed by atoms with Gasteiger partial charge in [-0.25, -0.2) is 9.59 Å². The summed E-state index contributed by atoms with van der Waals surface area (Å²) < 4.78 is 16.1. The van der Waals surface area contributed by atoms with Crippen LogP contribution in [0.4, 0.5) is 4.79 Å². The molecule has 6 heteroatoms. The van der Waals surface area contributed by atoms with Crippen LogP contribution in [0.15, 0.2) is 36.1 Å². The van der Waals surface area contributed by atoms with Crippen LogP contribution in [0.2, 0.25) is 0 Å². The van der Waals surface area contributed by atoms with Crippen LogP contribution in [0.5, 0.6) is 0 Å². The molecular weight excluding hydrogens is 310 g/mol. The van der Waals surface area contributed by atoms with E-state index in [0.717, 1.165) is 5.56 Å². The van der Waals surface area contributed by atoms with Crippen molar-refractivity contribution in [2.24, 2.45) is 0 Å². The number of hydrogen-bond donors (Lipinski definition) is 0. The zero-order valence-electron chi connectivity index (χ0n) is 13.9. The van der Waals surface area contributed by atoms with Gasteiger partial charge in [-0.1, -0.05) is 30.3 Å². The highest BCUT2D eigenvalue weighted by atomic mass is 16.6. The monoisotopic (exact) mass is 333 g/mol. The molecule has 1 aliphatic heterocycles. The van der Waals surface area contributed by atoms with Gasteiger partial charge in [0.2, 0.25) is 5.76 Å². The highest BCUT2D eigenvalue weighted by Crippen LogP contribution is 2.16. The topological polar surface area (TPSA) is 65.1 Å². The van der Waals surface area contributed by atoms with E-state index in [1.54, 1.807) is 17.8 Å². The van der Waals surface area contributed by atoms with E-state index in [-0.39, 0.29) is 31.2 Å². The van der Waals surface area contributed by atoms with Gasteiger partial charge in [-0.2, -0.15) is 0 Å². The van der Waals surface area contributed by atoms with Crippen molar-refractivity contribution in [3.8, 4) is 0 Å². The standard InChI is InChI=1S/C18H23NO5/c1-2-22-17(12-20)14-23-16-8-10-19(11-9-16)18(21)24-13-15-6-4-3-5-7-15/h3-7,16H,2,8-11,13-14H2,1H3. The summed E-state index contributed by atoms with van der Waals surface area (Å²) in [4.78, 5) is 24.4. The molecule has 24 heavy (non-hydrogen) atoms. The van der Waals surface area contributed by atoms with E-state index in [2.05, 4.69) is 0 Å². The molecule has 1 aromatic carbocycles. The van der Waals surface area contributed by atoms with Gasteiger partial charge >= 0.3 is 6.09 Å². The predicted octanol–water partition coefficient (Wildman–Crippen LogP) is 2.56. The minimum Gasteiger partial charge on any atom is -0.485 e. The molecule has 1 fully saturated rings. The van der Waals surface area contributed by atoms with Crippen molar-refractivity contribution in [3.63, 3.8) is 0 Å². The van der Waals surface area contributed by atoms with E-state index in [1.807, 2.05) is 30.3 Å². The SMILES string of the molecule is CCOC(=C=O)COC1CCN(C(=O)OCc2ccccc2)CC1. The molecule has 0 radical (unpaired) electrons. The van der Waals surface area contributed by atoms with Gasteiger partial charge in [-0.15, -0.1) is 0 Å². The smallest absolute Gasteiger partial charge is 0.410 e. The maximum Gasteiger partial charge on any atom is 0.410 e. The number of carbonyl (C=O) groups excluding carboxylic acids is 2. The van der Waals surface area contributed by atoms with Crippen LogP contribution in [0.3, 0.4) is 0 Å². The van der Waals surface area contributed by atoms with E-state index < -0.39 is 0 Å². The average Bonchev–Trinajstić information content (AvgIpc) is 2.64. The van der Waals surface area contributed by atoms with E-state index >= 15 is 0 Å². The molecule has 6 nitrogen and oxygen atoms in total. The summed E-state index contributed by atoms with van der Waals surface area (Å²) in [5, 5.41) is 0. The lowest BCUT2D eigenvalue weighted by Gasteiger charge is -2.31. The normalized spacial score (nSPS) is 14.8. The van der Waals surface area contributed by atoms with Crippen LogP contribution in [0, 0.1) is 0 Å². The molecule has 0 unspecified atom stereocenters. The fourth-order valence-electron chi connectivity index (χ4n) is 2.48. The Labute approximate surface area is 142 Å². The Kier molecular flexibility index (Phi) is 7.33. The molecule has 1 aromatic rings. The minimum absolute atomic E-state index is 0.00646. The highest BCUT2D eigenvalue weighted by molar-refractivity contribution is 5.67. The van der Waals surface area contributed by atoms with E-state index in [0.29, 0.717) is 32.5 Å². The van der Waals surface area contributed by atoms with Crippen LogP contribution in [0.1, 0.15) is 25.3 Å². The van der Waals surface area contributed by atoms with Crippen molar-refractivity contribution in [2.75, 3.05) is 26.3 Å². The van der Waals surface area contributed by atoms with Crippen LogP contribution in [0.25, 0.3) is 0 Å². The van der Waals surface area contributed by atoms with Crippen LogP contribution >= 0.6 is 0 Å². The first-order chi connectivity index (χ1) is 11.7. The van der Waals surface area contributed by atoms with Crippen molar-refractivity contribution in [1.82, 2.24) is 4.90 Å². The Morgan fingerprint density at radius 3 is 2.54 bits per heavy atom. The first-order valence-electron chi connectivity index (χ1n) is 8.17. The van der Waals surface area contributed by atoms with Gasteiger partial charge in [-0.05, 0) is 25.3 Å². The maximum atomic E-state index is 12.1. The quantitative estimate of drug-likeness (QED) is 0.567. The lowest BCUT2D eigenvalue weighted by molar-refractivity contribution is 0.000815. The summed E-state index contributed by atoms with van der Waals surface area (Å²) in [5.41, 5.74) is 0.966. The predicted molar refractivity (Wildman–Crippen MR) is 88.0 cm³/mol. The molecule has 0 aromatic heterocycles. The average molecular weight is 333 g/mol. The number of likely N-dealkylation sites (tertiary alicyclic amines) is 1. The van der Waals surface area contributed by atoms with Crippen LogP contribution < -0.4 is 0 Å². The second-order valence-corrected chi connectivity index (χ2v) is 5.50. The molecule has 2 rings (SSSR count). The zero-order valence-corrected chi connectivity index (χ0v) is 13.9. The van der Waals surface area contributed by atoms with E-state index in [1.165, 1.54) is 0 Å². The minimum atomic E-state index is -0.305. The first kappa shape index (κ1) is 18.0. The molecule has 1 amide bonds. The van der Waals surface area contributed by atoms with Crippen LogP contribution in [-0.4, -0.2) is 49.3 Å². The third kappa shape index (κ3) is 5.72. The fourth-order valence-corrected chi connectivity index (χ4v) is 2.48. The Balaban J connectivity index is 1.68. The summed E-state index contributed by atoms with van der Waals surface area (Å²) in [6.45, 7) is 3.77. The number of ether oxygens (including phenoxy) is 3. The first-order valence-corrected chi connectivity index (χ1v) is 8.17. The van der Waals surface area contributed by atoms with Crippen LogP contribution in [-0.2, 0) is 25.6 Å². The maximum absolute atomic E-state index is 12.1. The molecule has 0 bridgehead atoms. The van der Waals surface area contributed by atoms with Gasteiger partial charge in [0.05, 0.1) is 12.7 Å². The fraction of sp³-hybridized carbons (Fsp3) is 0.500. The summed E-state index contributed by atoms with van der Waals surface area (Å²) in [5.74, 6) is 1.92. The Morgan fingerprint density at radius 1 is 1.21 bits per heavy atom. The lowest BCUT2D eigenvalue weighted by Crippen LogP contribution is -2.41. The molecule has 130 valence electrons. The number of carbonyl (C=O) groups is 1. The summed E-state index contributed by atoms with van der Waals surface area (Å²) >= 11 is 0. The molecular formula is C18H23NO5. The zero-order chi connectivity index (χ0) is 17.2. The van der Waals surface area contributed by atoms with Gasteiger partial charge in [0, 0.05) is 13.1 Å². The summed E-state index contributed by atoms with van der Waals surface area (Å²) in [6.07, 6.45) is 1.12. The van der Waals surface area contributed by atoms with Crippen molar-refractivity contribution in [2.45, 2.75) is 32.5 Å². The second-order valence-electron chi connectivity index (χ2n) is 5.50. The van der Waals surface area contributed by atoms with Gasteiger partial charge in [-0.3, -0.25) is 0 Å². The van der Waals surface area contributed by atoms with Gasteiger partial charge in [0.1, 0.15) is 13.2 Å². The van der Waals surface area contributed by atoms with Crippen molar-refractivity contribution >= 4 is 12.0 Å². The van der Waals surface area contributed by atoms with Crippen molar-refractivity contribution < 1.29 is 23.8 Å². The molecule has 1 aliphatic rings. The number of rotatable bonds is 7. The van der Waals surface area contributed by atoms with E-state index in [9.17, 15) is 9.59 Å². The van der Waals surface area contributed by atoms with Gasteiger partial charge in [0.15, 0.2) is 5.94 Å². The van der Waals surface area contributed by atoms with Gasteiger partial charge < -0.3 is 19.1 Å². The molecule has 1 saturated heterocycles. The lowest BCUT2D eigenvalue weighted by atomic mass is 10.1. The van der Waals surface area contributed by atoms with Gasteiger partial charge in [0.25, 0.3) is 0 Å². The summed E-state index contributed by atoms with van der Waals surface area (Å²) in [7, 11) is 0. The molecule has 0 spiro atoms. The molecule has 0 saturated carbocycles. The molecule has 0 atom stereocenters. The van der Waals surface area contributed by atoms with Crippen molar-refractivity contribution in [3.05, 3.63) is 41.7 Å². The van der Waals surface area contributed by atoms with Crippen molar-refractivity contribution in [1.29, 1.82) is 0 Å². The third-order valence-electron chi connectivity index (χ3n) is 3.79. The Hall–Kier alpha value is -2.30. The molecule has 0 N–H and O–H groups in total. The summed E-state index contributed by atoms with van der Waals surface area (Å²) in [6, 6.07) is 9.59. The Bertz CT molecular complexity index is 560. The number of amides is 1. The number of nitrogens with zero attached hydrogens (tertiary/aromatic N) is 1.